The Morgan fingerprint density at radius 3 is 2.76 bits per heavy atom. The Kier molecular flexibility index (Phi) is 7.81. The molecule has 0 amide bonds. The van der Waals surface area contributed by atoms with Crippen LogP contribution in [0.5, 0.6) is 0 Å². The van der Waals surface area contributed by atoms with Gasteiger partial charge in [0.1, 0.15) is 24.1 Å². The number of rotatable bonds is 10. The number of anilines is 1. The van der Waals surface area contributed by atoms with Crippen LogP contribution in [0, 0.1) is 0 Å². The van der Waals surface area contributed by atoms with Gasteiger partial charge in [-0.15, -0.1) is 11.8 Å². The van der Waals surface area contributed by atoms with Crippen LogP contribution in [0.25, 0.3) is 11.2 Å². The molecule has 4 atom stereocenters. The zero-order chi connectivity index (χ0) is 20.8. The van der Waals surface area contributed by atoms with E-state index < -0.39 is 24.5 Å². The predicted octanol–water partition coefficient (Wildman–Crippen LogP) is 0.123. The van der Waals surface area contributed by atoms with Gasteiger partial charge in [-0.25, -0.2) is 15.0 Å². The Labute approximate surface area is 173 Å². The third-order valence-electron chi connectivity index (χ3n) is 4.90. The number of allylic oxidation sites excluding steroid dienone is 1. The van der Waals surface area contributed by atoms with Crippen molar-refractivity contribution in [3.05, 3.63) is 23.6 Å². The van der Waals surface area contributed by atoms with Gasteiger partial charge in [0, 0.05) is 12.3 Å². The maximum atomic E-state index is 10.5. The largest absolute Gasteiger partial charge is 0.387 e. The number of unbranched alkanes of at least 4 members (excludes halogenated alkanes) is 2. The minimum atomic E-state index is -1.11. The first-order valence-corrected chi connectivity index (χ1v) is 10.7. The summed E-state index contributed by atoms with van der Waals surface area (Å²) in [4.78, 5) is 13.4. The van der Waals surface area contributed by atoms with Crippen molar-refractivity contribution >= 4 is 28.7 Å². The normalized spacial score (nSPS) is 25.2. The van der Waals surface area contributed by atoms with Gasteiger partial charge in [0.25, 0.3) is 0 Å². The van der Waals surface area contributed by atoms with E-state index in [0.717, 1.165) is 30.6 Å². The Morgan fingerprint density at radius 1 is 1.17 bits per heavy atom. The fourth-order valence-corrected chi connectivity index (χ4v) is 4.48. The van der Waals surface area contributed by atoms with Gasteiger partial charge < -0.3 is 32.2 Å². The van der Waals surface area contributed by atoms with Gasteiger partial charge in [-0.05, 0) is 30.7 Å². The Balaban J connectivity index is 1.64. The predicted molar refractivity (Wildman–Crippen MR) is 113 cm³/mol. The maximum Gasteiger partial charge on any atom is 0.167 e. The number of fused-ring (bicyclic) bond motifs is 1. The summed E-state index contributed by atoms with van der Waals surface area (Å²) in [5, 5.41) is 21.0. The van der Waals surface area contributed by atoms with E-state index in [0.29, 0.717) is 30.0 Å². The summed E-state index contributed by atoms with van der Waals surface area (Å²) in [6, 6.07) is 0. The molecule has 0 spiro atoms. The molecular formula is C18H29N7O3S. The van der Waals surface area contributed by atoms with Crippen LogP contribution in [-0.2, 0) is 4.74 Å². The lowest BCUT2D eigenvalue weighted by atomic mass is 10.1. The number of nitrogens with two attached hydrogens (primary N) is 3. The average molecular weight is 424 g/mol. The van der Waals surface area contributed by atoms with Gasteiger partial charge in [0.15, 0.2) is 17.7 Å². The summed E-state index contributed by atoms with van der Waals surface area (Å²) < 4.78 is 7.55. The van der Waals surface area contributed by atoms with Gasteiger partial charge in [0.05, 0.1) is 12.4 Å². The van der Waals surface area contributed by atoms with Crippen LogP contribution in [0.4, 0.5) is 5.82 Å². The lowest BCUT2D eigenvalue weighted by Gasteiger charge is -2.16. The number of hydrogen-bond acceptors (Lipinski definition) is 10. The third kappa shape index (κ3) is 5.05. The SMILES string of the molecule is NCC=C(CCCCCN)SC[C@H]1O[C@@H](n2cnc3c(N)ncnc32)[C@H](O)[C@@H]1O. The van der Waals surface area contributed by atoms with E-state index in [1.54, 1.807) is 16.3 Å². The summed E-state index contributed by atoms with van der Waals surface area (Å²) in [6.07, 6.45) is 5.36. The van der Waals surface area contributed by atoms with Crippen molar-refractivity contribution < 1.29 is 14.9 Å². The molecule has 160 valence electrons. The molecule has 0 unspecified atom stereocenters. The van der Waals surface area contributed by atoms with E-state index in [2.05, 4.69) is 15.0 Å². The second kappa shape index (κ2) is 10.3. The first kappa shape index (κ1) is 21.9. The highest BCUT2D eigenvalue weighted by molar-refractivity contribution is 8.03. The number of aliphatic hydroxyl groups excluding tert-OH is 2. The molecule has 0 aromatic carbocycles. The lowest BCUT2D eigenvalue weighted by Crippen LogP contribution is -2.32. The van der Waals surface area contributed by atoms with Crippen LogP contribution >= 0.6 is 11.8 Å². The smallest absolute Gasteiger partial charge is 0.167 e. The maximum absolute atomic E-state index is 10.5. The molecule has 1 fully saturated rings. The minimum absolute atomic E-state index is 0.250. The first-order valence-electron chi connectivity index (χ1n) is 9.73. The van der Waals surface area contributed by atoms with E-state index in [1.807, 2.05) is 6.08 Å². The standard InChI is InChI=1S/C18H29N7O3S/c19-6-3-1-2-4-11(5-7-20)29-8-12-14(26)15(27)18(28-12)25-10-24-13-16(21)22-9-23-17(13)25/h5,9-10,12,14-15,18,26-27H,1-4,6-8,19-20H2,(H2,21,22,23)/t12-,14-,15-,18-/m1/s1. The van der Waals surface area contributed by atoms with Crippen LogP contribution in [0.3, 0.4) is 0 Å². The molecular weight excluding hydrogens is 394 g/mol. The first-order chi connectivity index (χ1) is 14.1. The van der Waals surface area contributed by atoms with Gasteiger partial charge in [-0.3, -0.25) is 4.57 Å². The third-order valence-corrected chi connectivity index (χ3v) is 6.14. The number of aromatic nitrogens is 4. The van der Waals surface area contributed by atoms with E-state index >= 15 is 0 Å². The number of hydrogen-bond donors (Lipinski definition) is 5. The summed E-state index contributed by atoms with van der Waals surface area (Å²) in [6.45, 7) is 1.16. The molecule has 1 aliphatic rings. The van der Waals surface area contributed by atoms with Crippen molar-refractivity contribution in [3.8, 4) is 0 Å². The van der Waals surface area contributed by atoms with Crippen LogP contribution in [0.15, 0.2) is 23.6 Å². The number of nitrogens with zero attached hydrogens (tertiary/aromatic N) is 4. The van der Waals surface area contributed by atoms with Crippen LogP contribution in [0.2, 0.25) is 0 Å². The highest BCUT2D eigenvalue weighted by Crippen LogP contribution is 2.35. The van der Waals surface area contributed by atoms with E-state index in [9.17, 15) is 10.2 Å². The molecule has 3 heterocycles. The van der Waals surface area contributed by atoms with Crippen LogP contribution in [-0.4, -0.2) is 66.9 Å². The van der Waals surface area contributed by atoms with Crippen molar-refractivity contribution in [2.75, 3.05) is 24.6 Å². The van der Waals surface area contributed by atoms with Crippen molar-refractivity contribution in [1.82, 2.24) is 19.5 Å². The van der Waals surface area contributed by atoms with Crippen molar-refractivity contribution in [1.29, 1.82) is 0 Å². The van der Waals surface area contributed by atoms with Gasteiger partial charge in [-0.2, -0.15) is 0 Å². The minimum Gasteiger partial charge on any atom is -0.387 e. The fraction of sp³-hybridized carbons (Fsp3) is 0.611. The molecule has 11 heteroatoms. The number of ether oxygens (including phenoxy) is 1. The molecule has 29 heavy (non-hydrogen) atoms. The molecule has 1 saturated heterocycles. The van der Waals surface area contributed by atoms with E-state index in [-0.39, 0.29) is 5.82 Å². The summed E-state index contributed by atoms with van der Waals surface area (Å²) in [7, 11) is 0. The molecule has 1 aliphatic heterocycles. The summed E-state index contributed by atoms with van der Waals surface area (Å²) in [5.74, 6) is 0.751. The van der Waals surface area contributed by atoms with Crippen LogP contribution < -0.4 is 17.2 Å². The topological polar surface area (TPSA) is 171 Å². The second-order valence-corrected chi connectivity index (χ2v) is 8.09. The Bertz CT molecular complexity index is 831. The Hall–Kier alpha value is -1.76. The van der Waals surface area contributed by atoms with Crippen molar-refractivity contribution in [2.45, 2.75) is 50.2 Å². The van der Waals surface area contributed by atoms with Crippen molar-refractivity contribution in [2.24, 2.45) is 11.5 Å². The van der Waals surface area contributed by atoms with E-state index in [4.69, 9.17) is 21.9 Å². The number of nitrogen functional groups attached to an aromatic ring is 1. The number of thioether (sulfide) groups is 1. The lowest BCUT2D eigenvalue weighted by molar-refractivity contribution is -0.0288. The molecule has 0 bridgehead atoms. The highest BCUT2D eigenvalue weighted by Gasteiger charge is 2.44. The monoisotopic (exact) mass is 423 g/mol. The summed E-state index contributed by atoms with van der Waals surface area (Å²) >= 11 is 1.60. The van der Waals surface area contributed by atoms with Gasteiger partial charge in [0.2, 0.25) is 0 Å². The number of aliphatic hydroxyl groups is 2. The van der Waals surface area contributed by atoms with E-state index in [1.165, 1.54) is 12.7 Å². The second-order valence-electron chi connectivity index (χ2n) is 6.95. The number of imidazole rings is 1. The molecule has 2 aromatic rings. The zero-order valence-electron chi connectivity index (χ0n) is 16.2. The van der Waals surface area contributed by atoms with Gasteiger partial charge in [-0.1, -0.05) is 12.5 Å². The summed E-state index contributed by atoms with van der Waals surface area (Å²) in [5.41, 5.74) is 17.9. The average Bonchev–Trinajstić information content (AvgIpc) is 3.26. The zero-order valence-corrected chi connectivity index (χ0v) is 17.0. The quantitative estimate of drug-likeness (QED) is 0.331. The highest BCUT2D eigenvalue weighted by atomic mass is 32.2. The van der Waals surface area contributed by atoms with Crippen LogP contribution in [0.1, 0.15) is 31.9 Å². The fourth-order valence-electron chi connectivity index (χ4n) is 3.33. The molecule has 3 rings (SSSR count). The van der Waals surface area contributed by atoms with Gasteiger partial charge >= 0.3 is 0 Å². The molecule has 8 N–H and O–H groups in total. The Morgan fingerprint density at radius 2 is 2.00 bits per heavy atom. The molecule has 0 aliphatic carbocycles. The van der Waals surface area contributed by atoms with Crippen molar-refractivity contribution in [3.63, 3.8) is 0 Å². The molecule has 0 radical (unpaired) electrons. The molecule has 2 aromatic heterocycles. The molecule has 0 saturated carbocycles. The molecule has 10 nitrogen and oxygen atoms in total.